The number of carbonyl (C=O) groups excluding carboxylic acids is 1. The van der Waals surface area contributed by atoms with Crippen molar-refractivity contribution in [2.24, 2.45) is 0 Å². The molecule has 0 saturated carbocycles. The third-order valence-corrected chi connectivity index (χ3v) is 2.10. The normalized spacial score (nSPS) is 11.1. The molecule has 94 valence electrons. The maximum atomic E-state index is 11.4. The van der Waals surface area contributed by atoms with Gasteiger partial charge < -0.3 is 10.1 Å². The van der Waals surface area contributed by atoms with Crippen LogP contribution in [0.1, 0.15) is 6.42 Å². The molecule has 1 atom stereocenters. The minimum absolute atomic E-state index is 0.0202. The predicted octanol–water partition coefficient (Wildman–Crippen LogP) is 0.967. The van der Waals surface area contributed by atoms with Crippen LogP contribution >= 0.6 is 0 Å². The number of carbonyl (C=O) groups is 1. The summed E-state index contributed by atoms with van der Waals surface area (Å²) in [6, 6.07) is 1.84. The van der Waals surface area contributed by atoms with Crippen LogP contribution in [-0.4, -0.2) is 29.0 Å². The van der Waals surface area contributed by atoms with E-state index in [1.54, 1.807) is 0 Å². The molecule has 7 nitrogen and oxygen atoms in total. The van der Waals surface area contributed by atoms with Crippen molar-refractivity contribution in [1.82, 2.24) is 4.98 Å². The Morgan fingerprint density at radius 1 is 1.78 bits per heavy atom. The lowest BCUT2D eigenvalue weighted by atomic mass is 10.2. The van der Waals surface area contributed by atoms with E-state index in [4.69, 9.17) is 6.42 Å². The smallest absolute Gasteiger partial charge is 0.329 e. The average molecular weight is 249 g/mol. The molecule has 0 radical (unpaired) electrons. The molecule has 0 aliphatic carbocycles. The number of nitro groups is 1. The lowest BCUT2D eigenvalue weighted by molar-refractivity contribution is -0.384. The highest BCUT2D eigenvalue weighted by atomic mass is 16.6. The van der Waals surface area contributed by atoms with Gasteiger partial charge in [0.1, 0.15) is 6.04 Å². The van der Waals surface area contributed by atoms with E-state index < -0.39 is 16.9 Å². The maximum Gasteiger partial charge on any atom is 0.329 e. The number of esters is 1. The molecule has 0 spiro atoms. The number of ether oxygens (including phenoxy) is 1. The Bertz CT molecular complexity index is 495. The van der Waals surface area contributed by atoms with Crippen LogP contribution in [0.4, 0.5) is 11.5 Å². The molecule has 1 unspecified atom stereocenters. The molecular weight excluding hydrogens is 238 g/mol. The molecule has 0 amide bonds. The second-order valence-electron chi connectivity index (χ2n) is 3.26. The first-order valence-corrected chi connectivity index (χ1v) is 4.97. The molecule has 1 rings (SSSR count). The van der Waals surface area contributed by atoms with Crippen LogP contribution in [-0.2, 0) is 9.53 Å². The van der Waals surface area contributed by atoms with Crippen molar-refractivity contribution in [3.8, 4) is 12.3 Å². The van der Waals surface area contributed by atoms with Crippen molar-refractivity contribution in [3.05, 3.63) is 28.4 Å². The Morgan fingerprint density at radius 2 is 2.50 bits per heavy atom. The van der Waals surface area contributed by atoms with Crippen molar-refractivity contribution in [2.45, 2.75) is 12.5 Å². The Labute approximate surface area is 103 Å². The van der Waals surface area contributed by atoms with Gasteiger partial charge in [-0.2, -0.15) is 0 Å². The van der Waals surface area contributed by atoms with E-state index in [0.717, 1.165) is 0 Å². The van der Waals surface area contributed by atoms with E-state index in [-0.39, 0.29) is 17.9 Å². The molecule has 0 saturated heterocycles. The number of aromatic nitrogens is 1. The highest BCUT2D eigenvalue weighted by Gasteiger charge is 2.23. The second-order valence-corrected chi connectivity index (χ2v) is 3.26. The number of terminal acetylenes is 1. The van der Waals surface area contributed by atoms with Gasteiger partial charge in [0.15, 0.2) is 0 Å². The number of pyridine rings is 1. The summed E-state index contributed by atoms with van der Waals surface area (Å²) in [6.45, 7) is 0. The van der Waals surface area contributed by atoms with Gasteiger partial charge in [-0.05, 0) is 6.07 Å². The van der Waals surface area contributed by atoms with Crippen LogP contribution < -0.4 is 5.32 Å². The highest BCUT2D eigenvalue weighted by Crippen LogP contribution is 2.21. The average Bonchev–Trinajstić information content (AvgIpc) is 2.37. The van der Waals surface area contributed by atoms with Crippen molar-refractivity contribution < 1.29 is 14.5 Å². The fourth-order valence-electron chi connectivity index (χ4n) is 1.27. The lowest BCUT2D eigenvalue weighted by Crippen LogP contribution is -2.30. The summed E-state index contributed by atoms with van der Waals surface area (Å²) in [5.41, 5.74) is -0.233. The van der Waals surface area contributed by atoms with Crippen LogP contribution in [0.25, 0.3) is 0 Å². The highest BCUT2D eigenvalue weighted by molar-refractivity contribution is 5.80. The van der Waals surface area contributed by atoms with Gasteiger partial charge in [0.05, 0.1) is 12.0 Å². The number of anilines is 1. The largest absolute Gasteiger partial charge is 0.467 e. The Hall–Kier alpha value is -2.62. The predicted molar refractivity (Wildman–Crippen MR) is 63.8 cm³/mol. The summed E-state index contributed by atoms with van der Waals surface area (Å²) in [5, 5.41) is 13.4. The van der Waals surface area contributed by atoms with Crippen LogP contribution in [0.15, 0.2) is 18.3 Å². The van der Waals surface area contributed by atoms with Crippen LogP contribution in [0, 0.1) is 22.5 Å². The minimum atomic E-state index is -0.867. The van der Waals surface area contributed by atoms with Gasteiger partial charge in [-0.1, -0.05) is 0 Å². The summed E-state index contributed by atoms with van der Waals surface area (Å²) < 4.78 is 4.54. The van der Waals surface area contributed by atoms with Crippen molar-refractivity contribution in [2.75, 3.05) is 12.4 Å². The standard InChI is InChI=1S/C11H11N3O4/c1-3-5-8(11(15)18-2)13-10-9(14(16)17)6-4-7-12-10/h1,4,6-8H,5H2,2H3,(H,12,13). The first-order chi connectivity index (χ1) is 8.60. The molecule has 0 aromatic carbocycles. The molecule has 1 N–H and O–H groups in total. The van der Waals surface area contributed by atoms with Gasteiger partial charge in [0.2, 0.25) is 5.82 Å². The van der Waals surface area contributed by atoms with Crippen molar-refractivity contribution in [3.63, 3.8) is 0 Å². The molecule has 0 bridgehead atoms. The molecule has 0 fully saturated rings. The third-order valence-electron chi connectivity index (χ3n) is 2.10. The van der Waals surface area contributed by atoms with Gasteiger partial charge in [0, 0.05) is 18.7 Å². The molecule has 1 aromatic rings. The van der Waals surface area contributed by atoms with E-state index in [1.807, 2.05) is 0 Å². The topological polar surface area (TPSA) is 94.4 Å². The fourth-order valence-corrected chi connectivity index (χ4v) is 1.27. The van der Waals surface area contributed by atoms with Gasteiger partial charge in [0.25, 0.3) is 0 Å². The van der Waals surface area contributed by atoms with Crippen molar-refractivity contribution in [1.29, 1.82) is 0 Å². The zero-order chi connectivity index (χ0) is 13.5. The summed E-state index contributed by atoms with van der Waals surface area (Å²) in [5.74, 6) is 1.67. The van der Waals surface area contributed by atoms with Gasteiger partial charge >= 0.3 is 11.7 Å². The molecule has 1 heterocycles. The Balaban J connectivity index is 2.97. The summed E-state index contributed by atoms with van der Waals surface area (Å²) >= 11 is 0. The first-order valence-electron chi connectivity index (χ1n) is 4.97. The van der Waals surface area contributed by atoms with Gasteiger partial charge in [-0.25, -0.2) is 9.78 Å². The van der Waals surface area contributed by atoms with E-state index in [2.05, 4.69) is 21.0 Å². The molecule has 1 aromatic heterocycles. The molecular formula is C11H11N3O4. The molecule has 0 aliphatic heterocycles. The van der Waals surface area contributed by atoms with Crippen molar-refractivity contribution >= 4 is 17.5 Å². The van der Waals surface area contributed by atoms with E-state index >= 15 is 0 Å². The SMILES string of the molecule is C#CCC(Nc1ncccc1[N+](=O)[O-])C(=O)OC. The first kappa shape index (κ1) is 13.4. The summed E-state index contributed by atoms with van der Waals surface area (Å²) in [4.78, 5) is 25.4. The number of nitrogens with zero attached hydrogens (tertiary/aromatic N) is 2. The second kappa shape index (κ2) is 6.20. The quantitative estimate of drug-likeness (QED) is 0.361. The number of methoxy groups -OCH3 is 1. The fraction of sp³-hybridized carbons (Fsp3) is 0.273. The minimum Gasteiger partial charge on any atom is -0.467 e. The zero-order valence-electron chi connectivity index (χ0n) is 9.62. The number of hydrogen-bond donors (Lipinski definition) is 1. The van der Waals surface area contributed by atoms with Crippen LogP contribution in [0.5, 0.6) is 0 Å². The van der Waals surface area contributed by atoms with Gasteiger partial charge in [-0.3, -0.25) is 10.1 Å². The van der Waals surface area contributed by atoms with Gasteiger partial charge in [-0.15, -0.1) is 12.3 Å². The monoisotopic (exact) mass is 249 g/mol. The maximum absolute atomic E-state index is 11.4. The zero-order valence-corrected chi connectivity index (χ0v) is 9.62. The number of hydrogen-bond acceptors (Lipinski definition) is 6. The number of nitrogens with one attached hydrogen (secondary N) is 1. The molecule has 7 heteroatoms. The molecule has 0 aliphatic rings. The summed E-state index contributed by atoms with van der Waals surface area (Å²) in [7, 11) is 1.21. The third kappa shape index (κ3) is 3.18. The Morgan fingerprint density at radius 3 is 3.06 bits per heavy atom. The Kier molecular flexibility index (Phi) is 4.63. The lowest BCUT2D eigenvalue weighted by Gasteiger charge is -2.14. The van der Waals surface area contributed by atoms with E-state index in [0.29, 0.717) is 0 Å². The summed E-state index contributed by atoms with van der Waals surface area (Å²) in [6.07, 6.45) is 6.54. The van der Waals surface area contributed by atoms with E-state index in [1.165, 1.54) is 25.4 Å². The van der Waals surface area contributed by atoms with Crippen LogP contribution in [0.3, 0.4) is 0 Å². The van der Waals surface area contributed by atoms with Crippen LogP contribution in [0.2, 0.25) is 0 Å². The number of rotatable bonds is 5. The van der Waals surface area contributed by atoms with E-state index in [9.17, 15) is 14.9 Å². The molecule has 18 heavy (non-hydrogen) atoms.